The molecule has 0 spiro atoms. The molecule has 0 saturated carbocycles. The molecule has 1 aromatic carbocycles. The van der Waals surface area contributed by atoms with E-state index < -0.39 is 0 Å². The smallest absolute Gasteiger partial charge is 0.206 e. The second-order valence-electron chi connectivity index (χ2n) is 6.45. The molecule has 3 nitrogen and oxygen atoms in total. The Balaban J connectivity index is 2.01. The number of rotatable bonds is 5. The lowest BCUT2D eigenvalue weighted by atomic mass is 9.96. The topological polar surface area (TPSA) is 29.6 Å². The summed E-state index contributed by atoms with van der Waals surface area (Å²) in [5, 5.41) is 6.95. The summed E-state index contributed by atoms with van der Waals surface area (Å²) in [7, 11) is 0. The maximum absolute atomic E-state index is 4.81. The van der Waals surface area contributed by atoms with E-state index in [2.05, 4.69) is 67.4 Å². The van der Waals surface area contributed by atoms with Crippen LogP contribution in [-0.4, -0.2) is 17.4 Å². The van der Waals surface area contributed by atoms with Gasteiger partial charge in [-0.3, -0.25) is 4.99 Å². The van der Waals surface area contributed by atoms with Gasteiger partial charge in [0.25, 0.3) is 0 Å². The highest BCUT2D eigenvalue weighted by molar-refractivity contribution is 7.07. The molecule has 1 aromatic heterocycles. The van der Waals surface area contributed by atoms with Crippen LogP contribution < -0.4 is 4.80 Å². The maximum Gasteiger partial charge on any atom is 0.206 e. The highest BCUT2D eigenvalue weighted by Gasteiger charge is 2.10. The highest BCUT2D eigenvalue weighted by atomic mass is 32.1. The molecule has 1 unspecified atom stereocenters. The van der Waals surface area contributed by atoms with Crippen molar-refractivity contribution in [3.8, 4) is 11.3 Å². The van der Waals surface area contributed by atoms with Crippen LogP contribution in [0.25, 0.3) is 11.3 Å². The molecule has 1 atom stereocenters. The van der Waals surface area contributed by atoms with E-state index in [-0.39, 0.29) is 0 Å². The molecule has 0 saturated heterocycles. The van der Waals surface area contributed by atoms with Crippen molar-refractivity contribution in [1.29, 1.82) is 0 Å². The normalized spacial score (nSPS) is 18.2. The van der Waals surface area contributed by atoms with Crippen LogP contribution in [-0.2, 0) is 0 Å². The summed E-state index contributed by atoms with van der Waals surface area (Å²) >= 11 is 1.63. The molecule has 3 rings (SSSR count). The molecular formula is C21H25N3S. The second kappa shape index (κ2) is 8.26. The fourth-order valence-corrected chi connectivity index (χ4v) is 3.72. The lowest BCUT2D eigenvalue weighted by molar-refractivity contribution is 0.621. The molecular weight excluding hydrogens is 326 g/mol. The first kappa shape index (κ1) is 17.6. The summed E-state index contributed by atoms with van der Waals surface area (Å²) in [6, 6.07) is 6.56. The fraction of sp³-hybridized carbons (Fsp3) is 0.333. The second-order valence-corrected chi connectivity index (χ2v) is 7.29. The van der Waals surface area contributed by atoms with E-state index in [9.17, 15) is 0 Å². The van der Waals surface area contributed by atoms with E-state index in [4.69, 9.17) is 5.10 Å². The molecule has 0 amide bonds. The minimum atomic E-state index is 0.511. The van der Waals surface area contributed by atoms with E-state index in [1.54, 1.807) is 11.3 Å². The Hall–Kier alpha value is -2.20. The van der Waals surface area contributed by atoms with Gasteiger partial charge in [0.2, 0.25) is 4.80 Å². The summed E-state index contributed by atoms with van der Waals surface area (Å²) in [4.78, 5) is 5.52. The summed E-state index contributed by atoms with van der Waals surface area (Å²) in [5.41, 5.74) is 4.87. The Morgan fingerprint density at radius 2 is 2.16 bits per heavy atom. The van der Waals surface area contributed by atoms with Gasteiger partial charge in [0.1, 0.15) is 0 Å². The number of hydrogen-bond acceptors (Lipinski definition) is 3. The van der Waals surface area contributed by atoms with Crippen molar-refractivity contribution in [1.82, 2.24) is 4.68 Å². The third kappa shape index (κ3) is 4.26. The van der Waals surface area contributed by atoms with Crippen LogP contribution in [0.3, 0.4) is 0 Å². The molecule has 2 aromatic rings. The number of thiazole rings is 1. The Kier molecular flexibility index (Phi) is 5.82. The number of nitrogens with zero attached hydrogens (tertiary/aromatic N) is 3. The third-order valence-corrected chi connectivity index (χ3v) is 5.40. The Morgan fingerprint density at radius 3 is 2.88 bits per heavy atom. The van der Waals surface area contributed by atoms with E-state index in [1.165, 1.54) is 23.1 Å². The molecule has 0 fully saturated rings. The van der Waals surface area contributed by atoms with Crippen molar-refractivity contribution >= 4 is 17.6 Å². The first-order valence-electron chi connectivity index (χ1n) is 8.78. The van der Waals surface area contributed by atoms with Gasteiger partial charge in [0.05, 0.1) is 12.2 Å². The zero-order valence-corrected chi connectivity index (χ0v) is 15.8. The monoisotopic (exact) mass is 351 g/mol. The molecule has 0 bridgehead atoms. The van der Waals surface area contributed by atoms with Gasteiger partial charge < -0.3 is 0 Å². The van der Waals surface area contributed by atoms with Crippen LogP contribution in [0.4, 0.5) is 0 Å². The zero-order chi connectivity index (χ0) is 17.6. The SMILES string of the molecule is C=CCN=c1scc(-c2ccc(C)c(C)c2)n1N=CC1CC=CCC1. The largest absolute Gasteiger partial charge is 0.253 e. The number of aromatic nitrogens is 1. The molecule has 0 radical (unpaired) electrons. The van der Waals surface area contributed by atoms with Crippen molar-refractivity contribution in [2.45, 2.75) is 33.1 Å². The van der Waals surface area contributed by atoms with Gasteiger partial charge in [-0.2, -0.15) is 5.10 Å². The van der Waals surface area contributed by atoms with Crippen molar-refractivity contribution in [2.24, 2.45) is 16.0 Å². The van der Waals surface area contributed by atoms with Crippen molar-refractivity contribution in [3.63, 3.8) is 0 Å². The van der Waals surface area contributed by atoms with Gasteiger partial charge in [-0.05, 0) is 56.2 Å². The number of benzene rings is 1. The lowest BCUT2D eigenvalue weighted by Crippen LogP contribution is -2.14. The standard InChI is InChI=1S/C21H25N3S/c1-4-12-22-21-24(23-14-18-8-6-5-7-9-18)20(15-25-21)19-11-10-16(2)17(3)13-19/h4-6,10-11,13-15,18H,1,7-9,12H2,2-3H3. The molecule has 1 aliphatic carbocycles. The predicted molar refractivity (Wildman–Crippen MR) is 108 cm³/mol. The van der Waals surface area contributed by atoms with Crippen molar-refractivity contribution in [2.75, 3.05) is 6.54 Å². The maximum atomic E-state index is 4.81. The number of aryl methyl sites for hydroxylation is 2. The molecule has 1 heterocycles. The lowest BCUT2D eigenvalue weighted by Gasteiger charge is -2.12. The minimum absolute atomic E-state index is 0.511. The van der Waals surface area contributed by atoms with E-state index >= 15 is 0 Å². The Labute approximate surface area is 153 Å². The van der Waals surface area contributed by atoms with E-state index in [1.807, 2.05) is 10.8 Å². The number of allylic oxidation sites excluding steroid dienone is 2. The predicted octanol–water partition coefficient (Wildman–Crippen LogP) is 5.11. The van der Waals surface area contributed by atoms with Gasteiger partial charge in [0.15, 0.2) is 0 Å². The van der Waals surface area contributed by atoms with Crippen LogP contribution in [0.15, 0.2) is 58.5 Å². The van der Waals surface area contributed by atoms with Gasteiger partial charge in [-0.1, -0.05) is 30.4 Å². The van der Waals surface area contributed by atoms with Gasteiger partial charge in [0, 0.05) is 17.2 Å². The van der Waals surface area contributed by atoms with Gasteiger partial charge in [-0.15, -0.1) is 17.9 Å². The summed E-state index contributed by atoms with van der Waals surface area (Å²) in [6.07, 6.45) is 11.8. The van der Waals surface area contributed by atoms with E-state index in [0.717, 1.165) is 23.3 Å². The van der Waals surface area contributed by atoms with Gasteiger partial charge >= 0.3 is 0 Å². The van der Waals surface area contributed by atoms with Crippen LogP contribution in [0.2, 0.25) is 0 Å². The molecule has 4 heteroatoms. The Morgan fingerprint density at radius 1 is 1.28 bits per heavy atom. The van der Waals surface area contributed by atoms with Crippen LogP contribution in [0.5, 0.6) is 0 Å². The van der Waals surface area contributed by atoms with E-state index in [0.29, 0.717) is 12.5 Å². The van der Waals surface area contributed by atoms with Crippen LogP contribution >= 0.6 is 11.3 Å². The molecule has 130 valence electrons. The Bertz CT molecular complexity index is 868. The van der Waals surface area contributed by atoms with Crippen LogP contribution in [0, 0.1) is 19.8 Å². The average Bonchev–Trinajstić information content (AvgIpc) is 3.04. The molecule has 0 N–H and O–H groups in total. The molecule has 25 heavy (non-hydrogen) atoms. The highest BCUT2D eigenvalue weighted by Crippen LogP contribution is 2.23. The fourth-order valence-electron chi connectivity index (χ4n) is 2.87. The first-order valence-corrected chi connectivity index (χ1v) is 9.66. The average molecular weight is 352 g/mol. The summed E-state index contributed by atoms with van der Waals surface area (Å²) < 4.78 is 1.98. The first-order chi connectivity index (χ1) is 12.2. The quantitative estimate of drug-likeness (QED) is 0.529. The van der Waals surface area contributed by atoms with Crippen molar-refractivity contribution < 1.29 is 0 Å². The van der Waals surface area contributed by atoms with Crippen LogP contribution in [0.1, 0.15) is 30.4 Å². The minimum Gasteiger partial charge on any atom is -0.253 e. The van der Waals surface area contributed by atoms with Gasteiger partial charge in [-0.25, -0.2) is 4.68 Å². The number of hydrogen-bond donors (Lipinski definition) is 0. The molecule has 0 aliphatic heterocycles. The third-order valence-electron chi connectivity index (χ3n) is 4.55. The summed E-state index contributed by atoms with van der Waals surface area (Å²) in [5.74, 6) is 0.511. The van der Waals surface area contributed by atoms with Crippen molar-refractivity contribution in [3.05, 3.63) is 64.3 Å². The molecule has 1 aliphatic rings. The summed E-state index contributed by atoms with van der Waals surface area (Å²) in [6.45, 7) is 8.66. The zero-order valence-electron chi connectivity index (χ0n) is 15.0.